The van der Waals surface area contributed by atoms with Crippen LogP contribution in [0.5, 0.6) is 5.75 Å². The predicted octanol–water partition coefficient (Wildman–Crippen LogP) is 3.25. The van der Waals surface area contributed by atoms with Crippen LogP contribution in [0.2, 0.25) is 0 Å². The van der Waals surface area contributed by atoms with Gasteiger partial charge in [-0.05, 0) is 74.0 Å². The molecule has 3 aliphatic carbocycles. The molecule has 4 rings (SSSR count). The largest absolute Gasteiger partial charge is 0.483 e. The maximum atomic E-state index is 12.2. The molecule has 0 radical (unpaired) electrons. The summed E-state index contributed by atoms with van der Waals surface area (Å²) in [5, 5.41) is 3.20. The Hall–Kier alpha value is -1.51. The second-order valence-corrected chi connectivity index (χ2v) is 7.24. The Morgan fingerprint density at radius 1 is 1.18 bits per heavy atom. The highest BCUT2D eigenvalue weighted by atomic mass is 16.5. The standard InChI is InChI=1S/C19H25NO2/c21-19(20-17-11-13-8-9-15(17)10-13)12-22-18-7-3-5-14-4-1-2-6-16(14)18/h3,5,7,13,15,17H,1-2,4,6,8-12H2,(H,20,21). The number of rotatable bonds is 4. The van der Waals surface area contributed by atoms with E-state index in [9.17, 15) is 4.79 Å². The molecule has 118 valence electrons. The number of fused-ring (bicyclic) bond motifs is 3. The third-order valence-electron chi connectivity index (χ3n) is 5.80. The Labute approximate surface area is 132 Å². The van der Waals surface area contributed by atoms with Gasteiger partial charge in [0.15, 0.2) is 6.61 Å². The Morgan fingerprint density at radius 3 is 2.91 bits per heavy atom. The third-order valence-corrected chi connectivity index (χ3v) is 5.80. The molecule has 22 heavy (non-hydrogen) atoms. The number of benzene rings is 1. The van der Waals surface area contributed by atoms with Gasteiger partial charge in [0.25, 0.3) is 5.91 Å². The van der Waals surface area contributed by atoms with Gasteiger partial charge in [-0.2, -0.15) is 0 Å². The molecule has 0 aliphatic heterocycles. The van der Waals surface area contributed by atoms with Crippen molar-refractivity contribution in [1.29, 1.82) is 0 Å². The first kappa shape index (κ1) is 14.1. The molecular weight excluding hydrogens is 274 g/mol. The maximum absolute atomic E-state index is 12.2. The zero-order valence-electron chi connectivity index (χ0n) is 13.1. The van der Waals surface area contributed by atoms with Crippen molar-refractivity contribution in [3.63, 3.8) is 0 Å². The highest BCUT2D eigenvalue weighted by molar-refractivity contribution is 5.78. The van der Waals surface area contributed by atoms with Crippen LogP contribution < -0.4 is 10.1 Å². The monoisotopic (exact) mass is 299 g/mol. The summed E-state index contributed by atoms with van der Waals surface area (Å²) in [5.74, 6) is 2.54. The van der Waals surface area contributed by atoms with Crippen LogP contribution in [0.4, 0.5) is 0 Å². The van der Waals surface area contributed by atoms with Gasteiger partial charge in [0.05, 0.1) is 0 Å². The van der Waals surface area contributed by atoms with E-state index in [-0.39, 0.29) is 12.5 Å². The fourth-order valence-electron chi connectivity index (χ4n) is 4.69. The summed E-state index contributed by atoms with van der Waals surface area (Å²) in [5.41, 5.74) is 2.72. The summed E-state index contributed by atoms with van der Waals surface area (Å²) in [6.07, 6.45) is 9.87. The first-order valence-electron chi connectivity index (χ1n) is 8.82. The van der Waals surface area contributed by atoms with E-state index in [2.05, 4.69) is 11.4 Å². The van der Waals surface area contributed by atoms with Crippen molar-refractivity contribution in [3.05, 3.63) is 29.3 Å². The minimum absolute atomic E-state index is 0.0472. The van der Waals surface area contributed by atoms with E-state index in [4.69, 9.17) is 4.74 Å². The number of hydrogen-bond acceptors (Lipinski definition) is 2. The molecule has 1 N–H and O–H groups in total. The molecule has 0 heterocycles. The number of ether oxygens (including phenoxy) is 1. The lowest BCUT2D eigenvalue weighted by atomic mass is 9.91. The first-order valence-corrected chi connectivity index (χ1v) is 8.82. The van der Waals surface area contributed by atoms with Crippen LogP contribution in [0.15, 0.2) is 18.2 Å². The van der Waals surface area contributed by atoms with E-state index in [1.54, 1.807) is 0 Å². The second-order valence-electron chi connectivity index (χ2n) is 7.24. The van der Waals surface area contributed by atoms with Crippen LogP contribution in [0, 0.1) is 11.8 Å². The van der Waals surface area contributed by atoms with Gasteiger partial charge in [0, 0.05) is 6.04 Å². The lowest BCUT2D eigenvalue weighted by Crippen LogP contribution is -2.41. The first-order chi connectivity index (χ1) is 10.8. The van der Waals surface area contributed by atoms with Crippen molar-refractivity contribution in [2.45, 2.75) is 57.4 Å². The van der Waals surface area contributed by atoms with Crippen LogP contribution in [0.25, 0.3) is 0 Å². The summed E-state index contributed by atoms with van der Waals surface area (Å²) < 4.78 is 5.84. The van der Waals surface area contributed by atoms with Gasteiger partial charge in [-0.15, -0.1) is 0 Å². The summed E-state index contributed by atoms with van der Waals surface area (Å²) >= 11 is 0. The SMILES string of the molecule is O=C(COc1cccc2c1CCCC2)NC1CC2CCC1C2. The lowest BCUT2D eigenvalue weighted by Gasteiger charge is -2.23. The molecule has 2 fully saturated rings. The number of carbonyl (C=O) groups is 1. The van der Waals surface area contributed by atoms with Gasteiger partial charge in [-0.25, -0.2) is 0 Å². The van der Waals surface area contributed by atoms with Gasteiger partial charge in [0.2, 0.25) is 0 Å². The van der Waals surface area contributed by atoms with Crippen LogP contribution >= 0.6 is 0 Å². The summed E-state index contributed by atoms with van der Waals surface area (Å²) in [6, 6.07) is 6.65. The third kappa shape index (κ3) is 2.73. The van der Waals surface area contributed by atoms with E-state index in [1.165, 1.54) is 49.7 Å². The van der Waals surface area contributed by atoms with Crippen molar-refractivity contribution in [3.8, 4) is 5.75 Å². The van der Waals surface area contributed by atoms with Gasteiger partial charge in [0.1, 0.15) is 5.75 Å². The molecular formula is C19H25NO2. The quantitative estimate of drug-likeness (QED) is 0.927. The average Bonchev–Trinajstić information content (AvgIpc) is 3.15. The molecule has 3 unspecified atom stereocenters. The number of nitrogens with one attached hydrogen (secondary N) is 1. The lowest BCUT2D eigenvalue weighted by molar-refractivity contribution is -0.124. The molecule has 3 aliphatic rings. The van der Waals surface area contributed by atoms with E-state index >= 15 is 0 Å². The Bertz CT molecular complexity index is 569. The van der Waals surface area contributed by atoms with E-state index in [1.807, 2.05) is 12.1 Å². The molecule has 1 aromatic carbocycles. The van der Waals surface area contributed by atoms with Crippen molar-refractivity contribution in [1.82, 2.24) is 5.32 Å². The van der Waals surface area contributed by atoms with Crippen LogP contribution in [-0.4, -0.2) is 18.6 Å². The molecule has 1 aromatic rings. The van der Waals surface area contributed by atoms with E-state index in [0.29, 0.717) is 6.04 Å². The number of carbonyl (C=O) groups excluding carboxylic acids is 1. The molecule has 2 bridgehead atoms. The predicted molar refractivity (Wildman–Crippen MR) is 86.0 cm³/mol. The molecule has 0 saturated heterocycles. The van der Waals surface area contributed by atoms with Crippen molar-refractivity contribution >= 4 is 5.91 Å². The second kappa shape index (κ2) is 5.94. The molecule has 3 atom stereocenters. The Balaban J connectivity index is 1.34. The minimum atomic E-state index is 0.0472. The normalized spacial score (nSPS) is 29.2. The summed E-state index contributed by atoms with van der Waals surface area (Å²) in [6.45, 7) is 0.157. The number of aryl methyl sites for hydroxylation is 1. The van der Waals surface area contributed by atoms with Gasteiger partial charge < -0.3 is 10.1 Å². The van der Waals surface area contributed by atoms with Crippen molar-refractivity contribution in [2.75, 3.05) is 6.61 Å². The molecule has 0 spiro atoms. The number of amides is 1. The van der Waals surface area contributed by atoms with Crippen LogP contribution in [0.3, 0.4) is 0 Å². The fourth-order valence-corrected chi connectivity index (χ4v) is 4.69. The fraction of sp³-hybridized carbons (Fsp3) is 0.632. The van der Waals surface area contributed by atoms with Crippen LogP contribution in [0.1, 0.15) is 49.7 Å². The zero-order chi connectivity index (χ0) is 14.9. The van der Waals surface area contributed by atoms with Crippen molar-refractivity contribution < 1.29 is 9.53 Å². The minimum Gasteiger partial charge on any atom is -0.483 e. The highest BCUT2D eigenvalue weighted by Crippen LogP contribution is 2.44. The Kier molecular flexibility index (Phi) is 3.81. The van der Waals surface area contributed by atoms with E-state index in [0.717, 1.165) is 30.4 Å². The topological polar surface area (TPSA) is 38.3 Å². The molecule has 0 aromatic heterocycles. The summed E-state index contributed by atoms with van der Waals surface area (Å²) in [4.78, 5) is 12.2. The molecule has 3 heteroatoms. The number of hydrogen-bond donors (Lipinski definition) is 1. The molecule has 3 nitrogen and oxygen atoms in total. The molecule has 1 amide bonds. The smallest absolute Gasteiger partial charge is 0.258 e. The van der Waals surface area contributed by atoms with Crippen LogP contribution in [-0.2, 0) is 17.6 Å². The van der Waals surface area contributed by atoms with E-state index < -0.39 is 0 Å². The Morgan fingerprint density at radius 2 is 2.09 bits per heavy atom. The molecule has 2 saturated carbocycles. The maximum Gasteiger partial charge on any atom is 0.258 e. The summed E-state index contributed by atoms with van der Waals surface area (Å²) in [7, 11) is 0. The van der Waals surface area contributed by atoms with Gasteiger partial charge in [-0.1, -0.05) is 18.6 Å². The zero-order valence-corrected chi connectivity index (χ0v) is 13.1. The van der Waals surface area contributed by atoms with Crippen molar-refractivity contribution in [2.24, 2.45) is 11.8 Å². The van der Waals surface area contributed by atoms with Gasteiger partial charge >= 0.3 is 0 Å². The van der Waals surface area contributed by atoms with Gasteiger partial charge in [-0.3, -0.25) is 4.79 Å². The highest BCUT2D eigenvalue weighted by Gasteiger charge is 2.40. The average molecular weight is 299 g/mol.